The summed E-state index contributed by atoms with van der Waals surface area (Å²) in [5.74, 6) is 0.705. The van der Waals surface area contributed by atoms with Crippen molar-refractivity contribution < 1.29 is 13.9 Å². The Bertz CT molecular complexity index is 837. The van der Waals surface area contributed by atoms with Gasteiger partial charge >= 0.3 is 0 Å². The average molecular weight is 282 g/mol. The monoisotopic (exact) mass is 282 g/mol. The minimum atomic E-state index is -0.521. The van der Waals surface area contributed by atoms with Crippen molar-refractivity contribution in [1.82, 2.24) is 4.98 Å². The molecule has 1 amide bonds. The Labute approximate surface area is 121 Å². The number of fused-ring (bicyclic) bond motifs is 1. The van der Waals surface area contributed by atoms with Gasteiger partial charge in [0.25, 0.3) is 5.91 Å². The fraction of sp³-hybridized carbons (Fsp3) is 0.125. The van der Waals surface area contributed by atoms with Gasteiger partial charge in [-0.2, -0.15) is 0 Å². The van der Waals surface area contributed by atoms with Gasteiger partial charge in [0, 0.05) is 5.56 Å². The number of carbonyl (C=O) groups excluding carboxylic acids is 1. The topological polar surface area (TPSA) is 78.4 Å². The summed E-state index contributed by atoms with van der Waals surface area (Å²) in [6.07, 6.45) is 0. The molecule has 1 heterocycles. The van der Waals surface area contributed by atoms with Gasteiger partial charge in [0.15, 0.2) is 5.58 Å². The van der Waals surface area contributed by atoms with Gasteiger partial charge in [-0.15, -0.1) is 0 Å². The number of nitrogens with zero attached hydrogens (tertiary/aromatic N) is 1. The van der Waals surface area contributed by atoms with Crippen molar-refractivity contribution in [2.45, 2.75) is 6.92 Å². The summed E-state index contributed by atoms with van der Waals surface area (Å²) in [4.78, 5) is 15.8. The standard InChI is InChI=1S/C16H14N2O3/c1-9-8-10(20-2)6-7-11(9)16-18-14-12(15(17)19)4-3-5-13(14)21-16/h3-8H,1-2H3,(H2,17,19). The molecule has 0 saturated heterocycles. The zero-order valence-electron chi connectivity index (χ0n) is 11.7. The normalized spacial score (nSPS) is 10.8. The zero-order chi connectivity index (χ0) is 15.0. The van der Waals surface area contributed by atoms with Gasteiger partial charge in [-0.1, -0.05) is 6.07 Å². The highest BCUT2D eigenvalue weighted by Crippen LogP contribution is 2.30. The van der Waals surface area contributed by atoms with E-state index in [0.717, 1.165) is 16.9 Å². The third-order valence-electron chi connectivity index (χ3n) is 3.35. The number of nitrogens with two attached hydrogens (primary N) is 1. The molecule has 0 saturated carbocycles. The minimum Gasteiger partial charge on any atom is -0.497 e. The van der Waals surface area contributed by atoms with Gasteiger partial charge in [0.2, 0.25) is 5.89 Å². The Morgan fingerprint density at radius 2 is 2.10 bits per heavy atom. The van der Waals surface area contributed by atoms with Crippen LogP contribution in [-0.4, -0.2) is 18.0 Å². The van der Waals surface area contributed by atoms with Gasteiger partial charge in [0.1, 0.15) is 11.3 Å². The summed E-state index contributed by atoms with van der Waals surface area (Å²) in [6.45, 7) is 1.95. The summed E-state index contributed by atoms with van der Waals surface area (Å²) in [7, 11) is 1.62. The molecular weight excluding hydrogens is 268 g/mol. The lowest BCUT2D eigenvalue weighted by molar-refractivity contribution is 0.100. The van der Waals surface area contributed by atoms with Crippen LogP contribution in [0, 0.1) is 6.92 Å². The second-order valence-corrected chi connectivity index (χ2v) is 4.72. The van der Waals surface area contributed by atoms with Crippen LogP contribution in [0.5, 0.6) is 5.75 Å². The molecule has 0 bridgehead atoms. The van der Waals surface area contributed by atoms with Crippen LogP contribution in [0.15, 0.2) is 40.8 Å². The number of ether oxygens (including phenoxy) is 1. The Morgan fingerprint density at radius 3 is 2.76 bits per heavy atom. The van der Waals surface area contributed by atoms with Crippen LogP contribution in [0.4, 0.5) is 0 Å². The quantitative estimate of drug-likeness (QED) is 0.801. The van der Waals surface area contributed by atoms with E-state index in [1.807, 2.05) is 25.1 Å². The molecule has 5 nitrogen and oxygen atoms in total. The van der Waals surface area contributed by atoms with E-state index < -0.39 is 5.91 Å². The van der Waals surface area contributed by atoms with E-state index in [1.54, 1.807) is 25.3 Å². The number of methoxy groups -OCH3 is 1. The zero-order valence-corrected chi connectivity index (χ0v) is 11.7. The number of aromatic nitrogens is 1. The van der Waals surface area contributed by atoms with Crippen LogP contribution >= 0.6 is 0 Å². The highest BCUT2D eigenvalue weighted by molar-refractivity contribution is 6.04. The van der Waals surface area contributed by atoms with Crippen LogP contribution in [0.2, 0.25) is 0 Å². The number of amides is 1. The molecule has 0 aliphatic rings. The van der Waals surface area contributed by atoms with Crippen molar-refractivity contribution in [3.63, 3.8) is 0 Å². The fourth-order valence-electron chi connectivity index (χ4n) is 2.27. The van der Waals surface area contributed by atoms with E-state index in [0.29, 0.717) is 22.6 Å². The van der Waals surface area contributed by atoms with Crippen molar-refractivity contribution in [3.8, 4) is 17.2 Å². The van der Waals surface area contributed by atoms with Gasteiger partial charge < -0.3 is 14.9 Å². The molecule has 3 rings (SSSR count). The molecule has 21 heavy (non-hydrogen) atoms. The van der Waals surface area contributed by atoms with Crippen LogP contribution in [0.3, 0.4) is 0 Å². The maximum Gasteiger partial charge on any atom is 0.251 e. The van der Waals surface area contributed by atoms with E-state index in [1.165, 1.54) is 0 Å². The number of aryl methyl sites for hydroxylation is 1. The summed E-state index contributed by atoms with van der Waals surface area (Å²) < 4.78 is 10.9. The number of hydrogen-bond donors (Lipinski definition) is 1. The minimum absolute atomic E-state index is 0.355. The lowest BCUT2D eigenvalue weighted by Gasteiger charge is -2.04. The van der Waals surface area contributed by atoms with Crippen molar-refractivity contribution >= 4 is 17.0 Å². The molecule has 2 aromatic carbocycles. The number of primary amides is 1. The Kier molecular flexibility index (Phi) is 3.10. The Hall–Kier alpha value is -2.82. The lowest BCUT2D eigenvalue weighted by atomic mass is 10.1. The molecule has 0 spiro atoms. The first-order valence-corrected chi connectivity index (χ1v) is 6.44. The molecule has 0 radical (unpaired) electrons. The predicted molar refractivity (Wildman–Crippen MR) is 79.3 cm³/mol. The first kappa shape index (κ1) is 13.2. The van der Waals surface area contributed by atoms with E-state index in [9.17, 15) is 4.79 Å². The predicted octanol–water partition coefficient (Wildman–Crippen LogP) is 2.91. The molecule has 0 atom stereocenters. The van der Waals surface area contributed by atoms with Crippen LogP contribution in [0.1, 0.15) is 15.9 Å². The number of benzene rings is 2. The smallest absolute Gasteiger partial charge is 0.251 e. The molecule has 0 unspecified atom stereocenters. The third-order valence-corrected chi connectivity index (χ3v) is 3.35. The number of oxazole rings is 1. The fourth-order valence-corrected chi connectivity index (χ4v) is 2.27. The van der Waals surface area contributed by atoms with Crippen molar-refractivity contribution in [2.24, 2.45) is 5.73 Å². The maximum atomic E-state index is 11.4. The number of rotatable bonds is 3. The highest BCUT2D eigenvalue weighted by Gasteiger charge is 2.15. The molecule has 3 aromatic rings. The molecule has 0 fully saturated rings. The van der Waals surface area contributed by atoms with Crippen molar-refractivity contribution in [3.05, 3.63) is 47.5 Å². The first-order chi connectivity index (χ1) is 10.1. The lowest BCUT2D eigenvalue weighted by Crippen LogP contribution is -2.11. The molecule has 0 aliphatic heterocycles. The molecule has 106 valence electrons. The second-order valence-electron chi connectivity index (χ2n) is 4.72. The summed E-state index contributed by atoms with van der Waals surface area (Å²) in [5.41, 5.74) is 8.56. The van der Waals surface area contributed by atoms with Crippen LogP contribution in [0.25, 0.3) is 22.6 Å². The molecule has 1 aromatic heterocycles. The largest absolute Gasteiger partial charge is 0.497 e. The van der Waals surface area contributed by atoms with Gasteiger partial charge in [-0.05, 0) is 42.8 Å². The number of hydrogen-bond acceptors (Lipinski definition) is 4. The third kappa shape index (κ3) is 2.23. The van der Waals surface area contributed by atoms with Crippen molar-refractivity contribution in [1.29, 1.82) is 0 Å². The Balaban J connectivity index is 2.18. The van der Waals surface area contributed by atoms with Gasteiger partial charge in [-0.3, -0.25) is 4.79 Å². The first-order valence-electron chi connectivity index (χ1n) is 6.44. The summed E-state index contributed by atoms with van der Waals surface area (Å²) in [5, 5.41) is 0. The summed E-state index contributed by atoms with van der Waals surface area (Å²) >= 11 is 0. The van der Waals surface area contributed by atoms with E-state index in [2.05, 4.69) is 4.98 Å². The van der Waals surface area contributed by atoms with E-state index >= 15 is 0 Å². The molecule has 2 N–H and O–H groups in total. The number of para-hydroxylation sites is 1. The van der Waals surface area contributed by atoms with E-state index in [-0.39, 0.29) is 0 Å². The van der Waals surface area contributed by atoms with Crippen LogP contribution in [-0.2, 0) is 0 Å². The van der Waals surface area contributed by atoms with E-state index in [4.69, 9.17) is 14.9 Å². The highest BCUT2D eigenvalue weighted by atomic mass is 16.5. The molecule has 5 heteroatoms. The van der Waals surface area contributed by atoms with Crippen LogP contribution < -0.4 is 10.5 Å². The molecule has 0 aliphatic carbocycles. The van der Waals surface area contributed by atoms with Gasteiger partial charge in [-0.25, -0.2) is 4.98 Å². The molecular formula is C16H14N2O3. The van der Waals surface area contributed by atoms with Crippen molar-refractivity contribution in [2.75, 3.05) is 7.11 Å². The second kappa shape index (κ2) is 4.94. The maximum absolute atomic E-state index is 11.4. The number of carbonyl (C=O) groups is 1. The SMILES string of the molecule is COc1ccc(-c2nc3c(C(N)=O)cccc3o2)c(C)c1. The summed E-state index contributed by atoms with van der Waals surface area (Å²) in [6, 6.07) is 10.7. The van der Waals surface area contributed by atoms with Gasteiger partial charge in [0.05, 0.1) is 12.7 Å². The Morgan fingerprint density at radius 1 is 1.29 bits per heavy atom. The average Bonchev–Trinajstić information content (AvgIpc) is 2.90.